The zero-order valence-corrected chi connectivity index (χ0v) is 19.0. The van der Waals surface area contributed by atoms with E-state index in [9.17, 15) is 9.59 Å². The van der Waals surface area contributed by atoms with E-state index in [1.165, 1.54) is 9.80 Å². The molecular formula is C23H29N7O2. The van der Waals surface area contributed by atoms with Crippen LogP contribution in [0, 0.1) is 0 Å². The van der Waals surface area contributed by atoms with Gasteiger partial charge in [0.1, 0.15) is 0 Å². The average molecular weight is 436 g/mol. The second kappa shape index (κ2) is 9.27. The molecule has 0 unspecified atom stereocenters. The molecule has 2 aromatic carbocycles. The Morgan fingerprint density at radius 1 is 0.906 bits per heavy atom. The predicted molar refractivity (Wildman–Crippen MR) is 121 cm³/mol. The first kappa shape index (κ1) is 23.1. The Balaban J connectivity index is 2.18. The highest BCUT2D eigenvalue weighted by Gasteiger charge is 2.41. The molecular weight excluding hydrogens is 406 g/mol. The molecule has 0 aliphatic heterocycles. The van der Waals surface area contributed by atoms with Crippen molar-refractivity contribution in [1.82, 2.24) is 30.4 Å². The third kappa shape index (κ3) is 4.38. The SMILES string of the molecule is C[C@H](N)CC(c1ccc(C(=O)N(C)C)cc1)(c1ccc(C(=O)N(C)C)cc1)c1nn[nH]n1. The van der Waals surface area contributed by atoms with Crippen molar-refractivity contribution in [2.45, 2.75) is 24.8 Å². The molecule has 1 heterocycles. The molecule has 0 spiro atoms. The summed E-state index contributed by atoms with van der Waals surface area (Å²) in [5.74, 6) is 0.300. The van der Waals surface area contributed by atoms with Crippen molar-refractivity contribution in [3.8, 4) is 0 Å². The first-order valence-corrected chi connectivity index (χ1v) is 10.3. The van der Waals surface area contributed by atoms with Gasteiger partial charge in [0, 0.05) is 45.4 Å². The molecule has 0 aliphatic carbocycles. The number of carbonyl (C=O) groups is 2. The topological polar surface area (TPSA) is 121 Å². The molecule has 0 radical (unpaired) electrons. The van der Waals surface area contributed by atoms with Crippen LogP contribution < -0.4 is 5.73 Å². The van der Waals surface area contributed by atoms with E-state index in [1.54, 1.807) is 52.5 Å². The summed E-state index contributed by atoms with van der Waals surface area (Å²) in [5.41, 5.74) is 8.37. The van der Waals surface area contributed by atoms with E-state index < -0.39 is 5.41 Å². The summed E-state index contributed by atoms with van der Waals surface area (Å²) in [4.78, 5) is 27.8. The molecule has 0 saturated heterocycles. The largest absolute Gasteiger partial charge is 0.345 e. The predicted octanol–water partition coefficient (Wildman–Crippen LogP) is 1.67. The Morgan fingerprint density at radius 2 is 1.34 bits per heavy atom. The van der Waals surface area contributed by atoms with Crippen LogP contribution in [0.1, 0.15) is 51.0 Å². The zero-order valence-electron chi connectivity index (χ0n) is 19.0. The number of H-pyrrole nitrogens is 1. The fourth-order valence-corrected chi connectivity index (χ4v) is 3.89. The quantitative estimate of drug-likeness (QED) is 0.582. The molecule has 32 heavy (non-hydrogen) atoms. The molecule has 1 aromatic heterocycles. The highest BCUT2D eigenvalue weighted by Crippen LogP contribution is 2.41. The van der Waals surface area contributed by atoms with Crippen molar-refractivity contribution in [2.75, 3.05) is 28.2 Å². The van der Waals surface area contributed by atoms with Gasteiger partial charge >= 0.3 is 0 Å². The number of hydrogen-bond acceptors (Lipinski definition) is 6. The van der Waals surface area contributed by atoms with E-state index in [1.807, 2.05) is 31.2 Å². The van der Waals surface area contributed by atoms with Crippen LogP contribution in [0.5, 0.6) is 0 Å². The van der Waals surface area contributed by atoms with Crippen LogP contribution in [0.4, 0.5) is 0 Å². The molecule has 0 bridgehead atoms. The Kier molecular flexibility index (Phi) is 6.69. The Labute approximate surface area is 187 Å². The van der Waals surface area contributed by atoms with Crippen molar-refractivity contribution in [3.63, 3.8) is 0 Å². The van der Waals surface area contributed by atoms with Crippen LogP contribution in [0.2, 0.25) is 0 Å². The summed E-state index contributed by atoms with van der Waals surface area (Å²) in [6.07, 6.45) is 0.495. The minimum Gasteiger partial charge on any atom is -0.345 e. The highest BCUT2D eigenvalue weighted by molar-refractivity contribution is 5.94. The number of carbonyl (C=O) groups excluding carboxylic acids is 2. The van der Waals surface area contributed by atoms with Crippen LogP contribution in [0.15, 0.2) is 48.5 Å². The molecule has 0 saturated carbocycles. The minimum atomic E-state index is -0.819. The normalized spacial score (nSPS) is 12.3. The third-order valence-electron chi connectivity index (χ3n) is 5.42. The van der Waals surface area contributed by atoms with Crippen molar-refractivity contribution in [1.29, 1.82) is 0 Å². The maximum absolute atomic E-state index is 12.4. The second-order valence-corrected chi connectivity index (χ2v) is 8.38. The van der Waals surface area contributed by atoms with Gasteiger partial charge in [0.05, 0.1) is 5.41 Å². The fourth-order valence-electron chi connectivity index (χ4n) is 3.89. The second-order valence-electron chi connectivity index (χ2n) is 8.38. The van der Waals surface area contributed by atoms with Crippen molar-refractivity contribution in [3.05, 3.63) is 76.6 Å². The van der Waals surface area contributed by atoms with Gasteiger partial charge in [-0.1, -0.05) is 29.5 Å². The summed E-state index contributed by atoms with van der Waals surface area (Å²) in [7, 11) is 6.86. The summed E-state index contributed by atoms with van der Waals surface area (Å²) < 4.78 is 0. The van der Waals surface area contributed by atoms with Crippen LogP contribution in [0.25, 0.3) is 0 Å². The molecule has 3 aromatic rings. The van der Waals surface area contributed by atoms with E-state index in [-0.39, 0.29) is 17.9 Å². The summed E-state index contributed by atoms with van der Waals surface area (Å²) in [6.45, 7) is 1.92. The summed E-state index contributed by atoms with van der Waals surface area (Å²) in [5, 5.41) is 15.0. The molecule has 9 heteroatoms. The van der Waals surface area contributed by atoms with Crippen molar-refractivity contribution < 1.29 is 9.59 Å². The van der Waals surface area contributed by atoms with Gasteiger partial charge in [-0.3, -0.25) is 9.59 Å². The molecule has 168 valence electrons. The smallest absolute Gasteiger partial charge is 0.253 e. The first-order valence-electron chi connectivity index (χ1n) is 10.3. The average Bonchev–Trinajstić information content (AvgIpc) is 3.32. The Bertz CT molecular complexity index is 993. The van der Waals surface area contributed by atoms with Gasteiger partial charge in [0.2, 0.25) is 0 Å². The maximum atomic E-state index is 12.4. The number of aromatic amines is 1. The lowest BCUT2D eigenvalue weighted by molar-refractivity contribution is 0.0820. The lowest BCUT2D eigenvalue weighted by Crippen LogP contribution is -2.37. The van der Waals surface area contributed by atoms with E-state index in [0.29, 0.717) is 23.4 Å². The Hall–Kier alpha value is -3.59. The number of amides is 2. The van der Waals surface area contributed by atoms with E-state index in [2.05, 4.69) is 20.6 Å². The zero-order chi connectivity index (χ0) is 23.5. The van der Waals surface area contributed by atoms with Gasteiger partial charge in [-0.05, 0) is 48.7 Å². The minimum absolute atomic E-state index is 0.0829. The molecule has 3 rings (SSSR count). The standard InChI is InChI=1S/C23H29N7O2/c1-15(24)14-23(22-25-27-28-26-22,18-10-6-16(7-11-18)20(31)29(2)3)19-12-8-17(9-13-19)21(32)30(4)5/h6-13,15H,14,24H2,1-5H3,(H,25,26,27,28)/t15-/m0/s1. The summed E-state index contributed by atoms with van der Waals surface area (Å²) in [6, 6.07) is 14.6. The lowest BCUT2D eigenvalue weighted by Gasteiger charge is -2.34. The van der Waals surface area contributed by atoms with Crippen LogP contribution in [-0.2, 0) is 5.41 Å². The summed E-state index contributed by atoms with van der Waals surface area (Å²) >= 11 is 0. The molecule has 2 amide bonds. The van der Waals surface area contributed by atoms with Gasteiger partial charge in [0.25, 0.3) is 11.8 Å². The number of aromatic nitrogens is 4. The van der Waals surface area contributed by atoms with E-state index in [0.717, 1.165) is 11.1 Å². The van der Waals surface area contributed by atoms with Crippen LogP contribution in [-0.4, -0.2) is 76.5 Å². The molecule has 0 fully saturated rings. The van der Waals surface area contributed by atoms with Gasteiger partial charge in [-0.2, -0.15) is 5.21 Å². The van der Waals surface area contributed by atoms with Crippen LogP contribution >= 0.6 is 0 Å². The van der Waals surface area contributed by atoms with Crippen molar-refractivity contribution >= 4 is 11.8 Å². The molecule has 3 N–H and O–H groups in total. The number of rotatable bonds is 7. The lowest BCUT2D eigenvalue weighted by atomic mass is 9.69. The van der Waals surface area contributed by atoms with E-state index >= 15 is 0 Å². The number of benzene rings is 2. The van der Waals surface area contributed by atoms with Gasteiger partial charge in [0.15, 0.2) is 5.82 Å². The number of tetrazole rings is 1. The molecule has 9 nitrogen and oxygen atoms in total. The number of nitrogens with one attached hydrogen (secondary N) is 1. The van der Waals surface area contributed by atoms with Crippen LogP contribution in [0.3, 0.4) is 0 Å². The third-order valence-corrected chi connectivity index (χ3v) is 5.42. The highest BCUT2D eigenvalue weighted by atomic mass is 16.2. The number of nitrogens with zero attached hydrogens (tertiary/aromatic N) is 5. The van der Waals surface area contributed by atoms with E-state index in [4.69, 9.17) is 5.73 Å². The van der Waals surface area contributed by atoms with Gasteiger partial charge in [-0.15, -0.1) is 10.2 Å². The monoisotopic (exact) mass is 435 g/mol. The molecule has 1 atom stereocenters. The van der Waals surface area contributed by atoms with Crippen molar-refractivity contribution in [2.24, 2.45) is 5.73 Å². The van der Waals surface area contributed by atoms with Gasteiger partial charge in [-0.25, -0.2) is 0 Å². The molecule has 0 aliphatic rings. The van der Waals surface area contributed by atoms with Gasteiger partial charge < -0.3 is 15.5 Å². The number of nitrogens with two attached hydrogens (primary N) is 1. The maximum Gasteiger partial charge on any atom is 0.253 e. The Morgan fingerprint density at radius 3 is 1.66 bits per heavy atom. The number of hydrogen-bond donors (Lipinski definition) is 2. The first-order chi connectivity index (χ1) is 15.2. The fraction of sp³-hybridized carbons (Fsp3) is 0.348.